The number of hydrogen-bond donors (Lipinski definition) is 2. The number of alkyl carbamates (subject to hydrolysis) is 1. The molecule has 0 spiro atoms. The molecule has 1 unspecified atom stereocenters. The van der Waals surface area contributed by atoms with Crippen LogP contribution >= 0.6 is 0 Å². The molecule has 0 heterocycles. The summed E-state index contributed by atoms with van der Waals surface area (Å²) in [6.07, 6.45) is 0.108. The Balaban J connectivity index is 4.36. The first-order chi connectivity index (χ1) is 9.86. The summed E-state index contributed by atoms with van der Waals surface area (Å²) in [6, 6.07) is 0.0189. The van der Waals surface area contributed by atoms with Gasteiger partial charge in [0, 0.05) is 0 Å². The molecular weight excluding hydrogens is 347 g/mol. The van der Waals surface area contributed by atoms with Gasteiger partial charge in [0.1, 0.15) is 0 Å². The SMILES string of the molecule is CC(C)(C)OC(=O)N[C@H](C[AsH2])CCCN(C(=O)O)C(C)(C)C. The second-order valence-electron chi connectivity index (χ2n) is 7.33. The molecule has 6 nitrogen and oxygen atoms in total. The first kappa shape index (κ1) is 21.1. The molecule has 0 radical (unpaired) electrons. The van der Waals surface area contributed by atoms with Crippen LogP contribution in [-0.2, 0) is 4.74 Å². The number of ether oxygens (including phenoxy) is 1. The molecule has 2 N–H and O–H groups in total. The van der Waals surface area contributed by atoms with Crippen LogP contribution in [0.1, 0.15) is 54.4 Å². The van der Waals surface area contributed by atoms with Gasteiger partial charge in [0.05, 0.1) is 0 Å². The fourth-order valence-corrected chi connectivity index (χ4v) is 2.68. The Morgan fingerprint density at radius 1 is 1.23 bits per heavy atom. The van der Waals surface area contributed by atoms with E-state index < -0.39 is 23.3 Å². The Hall–Kier alpha value is -0.902. The molecule has 0 aliphatic heterocycles. The van der Waals surface area contributed by atoms with E-state index in [9.17, 15) is 14.7 Å². The van der Waals surface area contributed by atoms with E-state index in [-0.39, 0.29) is 6.04 Å². The quantitative estimate of drug-likeness (QED) is 0.696. The van der Waals surface area contributed by atoms with Crippen LogP contribution in [0.25, 0.3) is 0 Å². The first-order valence-electron chi connectivity index (χ1n) is 7.57. The summed E-state index contributed by atoms with van der Waals surface area (Å²) in [4.78, 5) is 24.5. The molecule has 0 saturated heterocycles. The third-order valence-corrected chi connectivity index (χ3v) is 4.17. The zero-order valence-electron chi connectivity index (χ0n) is 14.6. The minimum atomic E-state index is -0.912. The van der Waals surface area contributed by atoms with Gasteiger partial charge in [0.25, 0.3) is 0 Å². The third kappa shape index (κ3) is 9.18. The van der Waals surface area contributed by atoms with Crippen molar-refractivity contribution < 1.29 is 19.4 Å². The van der Waals surface area contributed by atoms with Crippen LogP contribution in [0.15, 0.2) is 0 Å². The number of nitrogens with zero attached hydrogens (tertiary/aromatic N) is 1. The van der Waals surface area contributed by atoms with Gasteiger partial charge in [0.15, 0.2) is 0 Å². The molecule has 0 bridgehead atoms. The molecule has 0 aromatic rings. The zero-order valence-corrected chi connectivity index (χ0v) is 17.0. The van der Waals surface area contributed by atoms with Gasteiger partial charge < -0.3 is 0 Å². The van der Waals surface area contributed by atoms with Crippen molar-refractivity contribution in [2.45, 2.75) is 76.8 Å². The normalized spacial score (nSPS) is 13.4. The van der Waals surface area contributed by atoms with E-state index in [1.807, 2.05) is 41.5 Å². The summed E-state index contributed by atoms with van der Waals surface area (Å²) in [6.45, 7) is 11.6. The van der Waals surface area contributed by atoms with Crippen molar-refractivity contribution in [2.75, 3.05) is 6.54 Å². The van der Waals surface area contributed by atoms with Crippen LogP contribution < -0.4 is 5.32 Å². The molecule has 2 amide bonds. The Bertz CT molecular complexity index is 375. The van der Waals surface area contributed by atoms with Gasteiger partial charge in [0.2, 0.25) is 0 Å². The van der Waals surface area contributed by atoms with Crippen molar-refractivity contribution in [3.63, 3.8) is 0 Å². The van der Waals surface area contributed by atoms with Gasteiger partial charge in [-0.15, -0.1) is 0 Å². The predicted octanol–water partition coefficient (Wildman–Crippen LogP) is 2.49. The number of hydrogen-bond acceptors (Lipinski definition) is 3. The fraction of sp³-hybridized carbons (Fsp3) is 0.867. The molecule has 130 valence electrons. The van der Waals surface area contributed by atoms with Crippen molar-refractivity contribution in [3.05, 3.63) is 0 Å². The maximum absolute atomic E-state index is 11.8. The van der Waals surface area contributed by atoms with Crippen LogP contribution in [0.3, 0.4) is 0 Å². The average molecular weight is 378 g/mol. The minimum absolute atomic E-state index is 0.0189. The molecular formula is C15H31AsN2O4. The number of carbonyl (C=O) groups is 2. The van der Waals surface area contributed by atoms with Crippen molar-refractivity contribution >= 4 is 29.0 Å². The molecule has 2 atom stereocenters. The van der Waals surface area contributed by atoms with E-state index in [2.05, 4.69) is 5.32 Å². The Kier molecular flexibility index (Phi) is 8.30. The van der Waals surface area contributed by atoms with E-state index in [0.717, 1.165) is 11.6 Å². The summed E-state index contributed by atoms with van der Waals surface area (Å²) in [5.74, 6) is 0. The van der Waals surface area contributed by atoms with Gasteiger partial charge >= 0.3 is 142 Å². The Morgan fingerprint density at radius 3 is 2.14 bits per heavy atom. The second kappa shape index (κ2) is 8.66. The Labute approximate surface area is 142 Å². The summed E-state index contributed by atoms with van der Waals surface area (Å²) in [5.41, 5.74) is -0.935. The molecule has 0 aromatic carbocycles. The van der Waals surface area contributed by atoms with Crippen molar-refractivity contribution in [1.82, 2.24) is 10.2 Å². The second-order valence-corrected chi connectivity index (χ2v) is 8.32. The summed E-state index contributed by atoms with van der Waals surface area (Å²) in [5, 5.41) is 12.9. The van der Waals surface area contributed by atoms with Gasteiger partial charge in [-0.1, -0.05) is 0 Å². The number of amides is 2. The topological polar surface area (TPSA) is 78.9 Å². The zero-order chi connectivity index (χ0) is 17.6. The molecule has 0 aliphatic rings. The monoisotopic (exact) mass is 378 g/mol. The predicted molar refractivity (Wildman–Crippen MR) is 90.2 cm³/mol. The average Bonchev–Trinajstić information content (AvgIpc) is 2.28. The molecule has 0 aromatic heterocycles. The van der Waals surface area contributed by atoms with Crippen LogP contribution in [0.5, 0.6) is 0 Å². The van der Waals surface area contributed by atoms with Gasteiger partial charge in [-0.3, -0.25) is 0 Å². The number of carboxylic acid groups (broad SMARTS) is 1. The molecule has 0 aliphatic carbocycles. The van der Waals surface area contributed by atoms with Gasteiger partial charge in [-0.05, 0) is 0 Å². The van der Waals surface area contributed by atoms with E-state index in [1.165, 1.54) is 21.8 Å². The van der Waals surface area contributed by atoms with E-state index in [0.29, 0.717) is 13.0 Å². The Morgan fingerprint density at radius 2 is 1.77 bits per heavy atom. The molecule has 0 fully saturated rings. The van der Waals surface area contributed by atoms with E-state index >= 15 is 0 Å². The third-order valence-electron chi connectivity index (χ3n) is 2.98. The van der Waals surface area contributed by atoms with Gasteiger partial charge in [-0.2, -0.15) is 0 Å². The number of carbonyl (C=O) groups excluding carboxylic acids is 1. The van der Waals surface area contributed by atoms with E-state index in [1.54, 1.807) is 0 Å². The van der Waals surface area contributed by atoms with E-state index in [4.69, 9.17) is 4.74 Å². The van der Waals surface area contributed by atoms with Crippen molar-refractivity contribution in [3.8, 4) is 0 Å². The molecule has 0 saturated carbocycles. The van der Waals surface area contributed by atoms with Crippen LogP contribution in [0.4, 0.5) is 9.59 Å². The van der Waals surface area contributed by atoms with Crippen LogP contribution in [0, 0.1) is 0 Å². The number of nitrogens with one attached hydrogen (secondary N) is 1. The van der Waals surface area contributed by atoms with Crippen molar-refractivity contribution in [1.29, 1.82) is 0 Å². The molecule has 0 rings (SSSR count). The van der Waals surface area contributed by atoms with Crippen LogP contribution in [-0.4, -0.2) is 62.8 Å². The summed E-state index contributed by atoms with van der Waals surface area (Å²) in [7, 11) is 0. The fourth-order valence-electron chi connectivity index (χ4n) is 1.94. The summed E-state index contributed by atoms with van der Waals surface area (Å²) >= 11 is 1.53. The van der Waals surface area contributed by atoms with Gasteiger partial charge in [-0.25, -0.2) is 0 Å². The van der Waals surface area contributed by atoms with Crippen molar-refractivity contribution in [2.24, 2.45) is 0 Å². The number of rotatable bonds is 6. The first-order valence-corrected chi connectivity index (χ1v) is 9.28. The maximum atomic E-state index is 11.8. The molecule has 22 heavy (non-hydrogen) atoms. The van der Waals surface area contributed by atoms with Crippen LogP contribution in [0.2, 0.25) is 5.21 Å². The molecule has 7 heteroatoms. The summed E-state index contributed by atoms with van der Waals surface area (Å²) < 4.78 is 5.24. The standard InChI is InChI=1S/C15H31AsN2O4/c1-14(2,3)18(13(20)21)9-7-8-11(10-16)17-12(19)22-15(4,5)6/h11H,7-10,16H2,1-6H3,(H,17,19)(H,20,21)/t11-/m0/s1.